The summed E-state index contributed by atoms with van der Waals surface area (Å²) in [4.78, 5) is 18.6. The van der Waals surface area contributed by atoms with Crippen molar-refractivity contribution in [3.63, 3.8) is 0 Å². The number of nitrogens with zero attached hydrogens (tertiary/aromatic N) is 2. The Bertz CT molecular complexity index is 287. The highest BCUT2D eigenvalue weighted by Gasteiger charge is 2.09. The van der Waals surface area contributed by atoms with Crippen molar-refractivity contribution < 1.29 is 4.79 Å². The van der Waals surface area contributed by atoms with E-state index in [1.165, 1.54) is 12.4 Å². The molecule has 4 N–H and O–H groups in total. The lowest BCUT2D eigenvalue weighted by molar-refractivity contribution is 0.0933. The van der Waals surface area contributed by atoms with E-state index in [-0.39, 0.29) is 11.5 Å². The maximum Gasteiger partial charge on any atom is 0.287 e. The van der Waals surface area contributed by atoms with Crippen LogP contribution >= 0.6 is 0 Å². The van der Waals surface area contributed by atoms with Gasteiger partial charge in [0.2, 0.25) is 0 Å². The third kappa shape index (κ3) is 1.67. The first-order chi connectivity index (χ1) is 5.75. The van der Waals surface area contributed by atoms with Crippen LogP contribution in [-0.4, -0.2) is 22.9 Å². The summed E-state index contributed by atoms with van der Waals surface area (Å²) >= 11 is 0. The Labute approximate surface area is 69.2 Å². The maximum atomic E-state index is 11.1. The number of amides is 1. The molecule has 0 aromatic carbocycles. The van der Waals surface area contributed by atoms with Crippen molar-refractivity contribution in [1.29, 1.82) is 0 Å². The lowest BCUT2D eigenvalue weighted by Gasteiger charge is -2.02. The summed E-state index contributed by atoms with van der Waals surface area (Å²) < 4.78 is 0. The Kier molecular flexibility index (Phi) is 2.54. The summed E-state index contributed by atoms with van der Waals surface area (Å²) in [6.07, 6.45) is 2.83. The number of nitrogens with one attached hydrogen (secondary N) is 2. The van der Waals surface area contributed by atoms with Gasteiger partial charge in [-0.15, -0.1) is 0 Å². The number of nitrogen functional groups attached to an aromatic ring is 1. The molecule has 1 aromatic heterocycles. The standard InChI is InChI=1S/C6H9N5O/c1-8-11-6(12)4-5(7)10-3-2-9-4/h2-3,8H,1H3,(H2,7,10)(H,11,12). The van der Waals surface area contributed by atoms with Crippen LogP contribution in [0.1, 0.15) is 10.5 Å². The fourth-order valence-corrected chi connectivity index (χ4v) is 0.696. The molecule has 0 spiro atoms. The normalized spacial score (nSPS) is 9.42. The molecule has 0 aliphatic heterocycles. The fraction of sp³-hybridized carbons (Fsp3) is 0.167. The first kappa shape index (κ1) is 8.41. The van der Waals surface area contributed by atoms with Gasteiger partial charge in [-0.05, 0) is 0 Å². The molecule has 12 heavy (non-hydrogen) atoms. The molecule has 0 atom stereocenters. The minimum Gasteiger partial charge on any atom is -0.382 e. The Morgan fingerprint density at radius 2 is 2.17 bits per heavy atom. The summed E-state index contributed by atoms with van der Waals surface area (Å²) in [6, 6.07) is 0. The molecule has 6 nitrogen and oxygen atoms in total. The molecule has 6 heteroatoms. The monoisotopic (exact) mass is 167 g/mol. The zero-order chi connectivity index (χ0) is 8.97. The van der Waals surface area contributed by atoms with Gasteiger partial charge in [-0.3, -0.25) is 10.2 Å². The van der Waals surface area contributed by atoms with Gasteiger partial charge in [0, 0.05) is 19.4 Å². The van der Waals surface area contributed by atoms with Crippen LogP contribution in [0.4, 0.5) is 5.82 Å². The van der Waals surface area contributed by atoms with Crippen LogP contribution in [0, 0.1) is 0 Å². The summed E-state index contributed by atoms with van der Waals surface area (Å²) in [6.45, 7) is 0. The van der Waals surface area contributed by atoms with Crippen LogP contribution < -0.4 is 16.6 Å². The van der Waals surface area contributed by atoms with Crippen molar-refractivity contribution in [3.8, 4) is 0 Å². The minimum absolute atomic E-state index is 0.116. The van der Waals surface area contributed by atoms with Gasteiger partial charge in [0.05, 0.1) is 0 Å². The number of aromatic nitrogens is 2. The average molecular weight is 167 g/mol. The Hall–Kier alpha value is -1.69. The average Bonchev–Trinajstić information content (AvgIpc) is 2.05. The molecule has 1 rings (SSSR count). The highest BCUT2D eigenvalue weighted by Crippen LogP contribution is 2.00. The molecule has 0 unspecified atom stereocenters. The molecule has 0 aliphatic rings. The maximum absolute atomic E-state index is 11.1. The molecule has 64 valence electrons. The van der Waals surface area contributed by atoms with Crippen LogP contribution in [0.15, 0.2) is 12.4 Å². The van der Waals surface area contributed by atoms with Gasteiger partial charge in [0.15, 0.2) is 11.5 Å². The van der Waals surface area contributed by atoms with Crippen LogP contribution in [0.2, 0.25) is 0 Å². The number of carbonyl (C=O) groups excluding carboxylic acids is 1. The molecule has 0 saturated carbocycles. The van der Waals surface area contributed by atoms with Crippen molar-refractivity contribution in [2.45, 2.75) is 0 Å². The van der Waals surface area contributed by atoms with Gasteiger partial charge in [0.1, 0.15) is 0 Å². The molecule has 1 heterocycles. The lowest BCUT2D eigenvalue weighted by Crippen LogP contribution is -2.35. The molecule has 0 aliphatic carbocycles. The number of hydrazine groups is 1. The molecule has 1 aromatic rings. The topological polar surface area (TPSA) is 92.9 Å². The molecule has 0 fully saturated rings. The molecule has 0 bridgehead atoms. The quantitative estimate of drug-likeness (QED) is 0.487. The Morgan fingerprint density at radius 1 is 1.50 bits per heavy atom. The van der Waals surface area contributed by atoms with E-state index >= 15 is 0 Å². The van der Waals surface area contributed by atoms with E-state index in [0.29, 0.717) is 0 Å². The van der Waals surface area contributed by atoms with Gasteiger partial charge in [0.25, 0.3) is 5.91 Å². The molecular formula is C6H9N5O. The Balaban J connectivity index is 2.87. The highest BCUT2D eigenvalue weighted by molar-refractivity contribution is 5.95. The van der Waals surface area contributed by atoms with E-state index in [1.54, 1.807) is 7.05 Å². The first-order valence-electron chi connectivity index (χ1n) is 3.29. The number of anilines is 1. The van der Waals surface area contributed by atoms with Gasteiger partial charge in [-0.25, -0.2) is 15.4 Å². The van der Waals surface area contributed by atoms with E-state index in [1.807, 2.05) is 0 Å². The second-order valence-electron chi connectivity index (χ2n) is 1.99. The second-order valence-corrected chi connectivity index (χ2v) is 1.99. The summed E-state index contributed by atoms with van der Waals surface area (Å²) in [5, 5.41) is 0. The summed E-state index contributed by atoms with van der Waals surface area (Å²) in [5.74, 6) is -0.284. The minimum atomic E-state index is -0.400. The highest BCUT2D eigenvalue weighted by atomic mass is 16.2. The van der Waals surface area contributed by atoms with E-state index in [9.17, 15) is 4.79 Å². The smallest absolute Gasteiger partial charge is 0.287 e. The summed E-state index contributed by atoms with van der Waals surface area (Å²) in [7, 11) is 1.57. The largest absolute Gasteiger partial charge is 0.382 e. The Morgan fingerprint density at radius 3 is 2.75 bits per heavy atom. The fourth-order valence-electron chi connectivity index (χ4n) is 0.696. The van der Waals surface area contributed by atoms with E-state index < -0.39 is 5.91 Å². The zero-order valence-corrected chi connectivity index (χ0v) is 6.53. The lowest BCUT2D eigenvalue weighted by atomic mass is 10.4. The van der Waals surface area contributed by atoms with Gasteiger partial charge >= 0.3 is 0 Å². The van der Waals surface area contributed by atoms with Crippen molar-refractivity contribution in [1.82, 2.24) is 20.8 Å². The predicted octanol–water partition coefficient (Wildman–Crippen LogP) is -1.08. The van der Waals surface area contributed by atoms with Crippen LogP contribution in [0.3, 0.4) is 0 Å². The number of hydrogen-bond donors (Lipinski definition) is 3. The summed E-state index contributed by atoms with van der Waals surface area (Å²) in [5.41, 5.74) is 10.3. The molecule has 1 amide bonds. The van der Waals surface area contributed by atoms with E-state index in [2.05, 4.69) is 20.8 Å². The van der Waals surface area contributed by atoms with Crippen molar-refractivity contribution in [2.24, 2.45) is 0 Å². The number of hydrogen-bond acceptors (Lipinski definition) is 5. The van der Waals surface area contributed by atoms with Crippen LogP contribution in [0.5, 0.6) is 0 Å². The first-order valence-corrected chi connectivity index (χ1v) is 3.29. The van der Waals surface area contributed by atoms with E-state index in [0.717, 1.165) is 0 Å². The van der Waals surface area contributed by atoms with Crippen molar-refractivity contribution in [2.75, 3.05) is 12.8 Å². The van der Waals surface area contributed by atoms with Gasteiger partial charge < -0.3 is 5.73 Å². The molecule has 0 radical (unpaired) electrons. The third-order valence-electron chi connectivity index (χ3n) is 1.18. The number of carbonyl (C=O) groups is 1. The predicted molar refractivity (Wildman–Crippen MR) is 43.0 cm³/mol. The zero-order valence-electron chi connectivity index (χ0n) is 6.53. The number of nitrogens with two attached hydrogens (primary N) is 1. The van der Waals surface area contributed by atoms with E-state index in [4.69, 9.17) is 5.73 Å². The third-order valence-corrected chi connectivity index (χ3v) is 1.18. The number of rotatable bonds is 2. The second kappa shape index (κ2) is 3.63. The van der Waals surface area contributed by atoms with Gasteiger partial charge in [-0.2, -0.15) is 0 Å². The van der Waals surface area contributed by atoms with Gasteiger partial charge in [-0.1, -0.05) is 0 Å². The van der Waals surface area contributed by atoms with Crippen molar-refractivity contribution >= 4 is 11.7 Å². The molecular weight excluding hydrogens is 158 g/mol. The van der Waals surface area contributed by atoms with Crippen LogP contribution in [-0.2, 0) is 0 Å². The van der Waals surface area contributed by atoms with Crippen molar-refractivity contribution in [3.05, 3.63) is 18.1 Å². The van der Waals surface area contributed by atoms with Crippen LogP contribution in [0.25, 0.3) is 0 Å². The SMILES string of the molecule is CNNC(=O)c1nccnc1N. The molecule has 0 saturated heterocycles.